The number of likely N-dealkylation sites (N-methyl/N-ethyl adjacent to an activating group) is 1. The lowest BCUT2D eigenvalue weighted by molar-refractivity contribution is 0.607. The van der Waals surface area contributed by atoms with E-state index in [1.165, 1.54) is 10.9 Å². The van der Waals surface area contributed by atoms with Crippen molar-refractivity contribution in [1.29, 1.82) is 0 Å². The molecule has 1 N–H and O–H groups in total. The molecule has 80 valence electrons. The second-order valence-corrected chi connectivity index (χ2v) is 5.15. The van der Waals surface area contributed by atoms with Gasteiger partial charge in [-0.3, -0.25) is 0 Å². The first-order chi connectivity index (χ1) is 7.22. The Morgan fingerprint density at radius 3 is 2.87 bits per heavy atom. The Kier molecular flexibility index (Phi) is 3.49. The van der Waals surface area contributed by atoms with Crippen molar-refractivity contribution in [2.24, 2.45) is 0 Å². The van der Waals surface area contributed by atoms with E-state index < -0.39 is 0 Å². The van der Waals surface area contributed by atoms with Gasteiger partial charge in [-0.25, -0.2) is 0 Å². The summed E-state index contributed by atoms with van der Waals surface area (Å²) in [5.41, 5.74) is 2.16. The molecule has 4 heteroatoms. The van der Waals surface area contributed by atoms with Crippen LogP contribution < -0.4 is 5.32 Å². The first-order valence-corrected chi connectivity index (χ1v) is 6.30. The van der Waals surface area contributed by atoms with Crippen LogP contribution in [-0.4, -0.2) is 13.6 Å². The van der Waals surface area contributed by atoms with Gasteiger partial charge < -0.3 is 9.73 Å². The van der Waals surface area contributed by atoms with Crippen LogP contribution in [0.5, 0.6) is 0 Å². The molecule has 0 aliphatic carbocycles. The topological polar surface area (TPSA) is 25.2 Å². The predicted molar refractivity (Wildman–Crippen MR) is 69.2 cm³/mol. The molecule has 2 rings (SSSR count). The highest BCUT2D eigenvalue weighted by Crippen LogP contribution is 2.31. The molecule has 0 amide bonds. The minimum absolute atomic E-state index is 0.921. The molecule has 0 atom stereocenters. The maximum Gasteiger partial charge on any atom is 0.148 e. The molecule has 0 unspecified atom stereocenters. The van der Waals surface area contributed by atoms with Gasteiger partial charge in [-0.2, -0.15) is 0 Å². The fraction of sp³-hybridized carbons (Fsp3) is 0.273. The van der Waals surface area contributed by atoms with Crippen LogP contribution in [0.3, 0.4) is 0 Å². The minimum atomic E-state index is 0.921. The summed E-state index contributed by atoms with van der Waals surface area (Å²) < 4.78 is 7.59. The largest absolute Gasteiger partial charge is 0.463 e. The number of hydrogen-bond donors (Lipinski definition) is 1. The number of rotatable bonds is 3. The molecule has 2 nitrogen and oxygen atoms in total. The third-order valence-corrected chi connectivity index (χ3v) is 3.36. The van der Waals surface area contributed by atoms with Gasteiger partial charge in [0.15, 0.2) is 0 Å². The summed E-state index contributed by atoms with van der Waals surface area (Å²) in [6.45, 7) is 0.957. The second-order valence-electron chi connectivity index (χ2n) is 3.38. The lowest BCUT2D eigenvalue weighted by Gasteiger charge is -1.99. The lowest BCUT2D eigenvalue weighted by atomic mass is 10.1. The summed E-state index contributed by atoms with van der Waals surface area (Å²) >= 11 is 6.97. The van der Waals surface area contributed by atoms with Crippen molar-refractivity contribution < 1.29 is 4.42 Å². The molecule has 0 bridgehead atoms. The van der Waals surface area contributed by atoms with Crippen LogP contribution in [0.2, 0.25) is 0 Å². The van der Waals surface area contributed by atoms with E-state index in [1.807, 2.05) is 19.4 Å². The van der Waals surface area contributed by atoms with Gasteiger partial charge >= 0.3 is 0 Å². The van der Waals surface area contributed by atoms with E-state index in [2.05, 4.69) is 43.2 Å². The first kappa shape index (κ1) is 11.2. The molecular weight excluding hydrogens is 322 g/mol. The van der Waals surface area contributed by atoms with Gasteiger partial charge in [0.2, 0.25) is 0 Å². The lowest BCUT2D eigenvalue weighted by Crippen LogP contribution is -2.09. The van der Waals surface area contributed by atoms with E-state index >= 15 is 0 Å². The van der Waals surface area contributed by atoms with Crippen molar-refractivity contribution in [3.8, 4) is 0 Å². The molecule has 0 saturated heterocycles. The monoisotopic (exact) mass is 331 g/mol. The van der Waals surface area contributed by atoms with E-state index in [0.717, 1.165) is 27.5 Å². The fourth-order valence-electron chi connectivity index (χ4n) is 1.57. The SMILES string of the molecule is CNCCc1coc2c(Br)cc(Br)cc12. The molecule has 2 aromatic rings. The zero-order valence-electron chi connectivity index (χ0n) is 8.31. The summed E-state index contributed by atoms with van der Waals surface area (Å²) in [6.07, 6.45) is 2.81. The van der Waals surface area contributed by atoms with Crippen molar-refractivity contribution in [1.82, 2.24) is 5.32 Å². The smallest absolute Gasteiger partial charge is 0.148 e. The van der Waals surface area contributed by atoms with E-state index in [0.29, 0.717) is 0 Å². The molecule has 0 aliphatic rings. The molecule has 0 saturated carbocycles. The van der Waals surface area contributed by atoms with E-state index in [1.54, 1.807) is 0 Å². The number of hydrogen-bond acceptors (Lipinski definition) is 2. The molecule has 1 aromatic carbocycles. The van der Waals surface area contributed by atoms with Crippen LogP contribution >= 0.6 is 31.9 Å². The Balaban J connectivity index is 2.49. The highest BCUT2D eigenvalue weighted by Gasteiger charge is 2.09. The molecule has 0 aliphatic heterocycles. The van der Waals surface area contributed by atoms with E-state index in [4.69, 9.17) is 4.42 Å². The van der Waals surface area contributed by atoms with E-state index in [-0.39, 0.29) is 0 Å². The zero-order chi connectivity index (χ0) is 10.8. The summed E-state index contributed by atoms with van der Waals surface area (Å²) in [4.78, 5) is 0. The first-order valence-electron chi connectivity index (χ1n) is 4.72. The third kappa shape index (κ3) is 2.27. The maximum absolute atomic E-state index is 5.54. The summed E-state index contributed by atoms with van der Waals surface area (Å²) in [6, 6.07) is 4.09. The average Bonchev–Trinajstić information content (AvgIpc) is 2.58. The van der Waals surface area contributed by atoms with Gasteiger partial charge in [0, 0.05) is 9.86 Å². The fourth-order valence-corrected chi connectivity index (χ4v) is 2.88. The summed E-state index contributed by atoms with van der Waals surface area (Å²) in [7, 11) is 1.95. The molecule has 0 radical (unpaired) electrons. The number of fused-ring (bicyclic) bond motifs is 1. The molecule has 15 heavy (non-hydrogen) atoms. The van der Waals surface area contributed by atoms with Crippen LogP contribution in [-0.2, 0) is 6.42 Å². The average molecular weight is 333 g/mol. The highest BCUT2D eigenvalue weighted by atomic mass is 79.9. The van der Waals surface area contributed by atoms with Crippen LogP contribution in [0.25, 0.3) is 11.0 Å². The van der Waals surface area contributed by atoms with Gasteiger partial charge in [-0.1, -0.05) is 15.9 Å². The van der Waals surface area contributed by atoms with Gasteiger partial charge in [-0.15, -0.1) is 0 Å². The highest BCUT2D eigenvalue weighted by molar-refractivity contribution is 9.11. The Bertz CT molecular complexity index is 479. The predicted octanol–water partition coefficient (Wildman–Crippen LogP) is 3.72. The quantitative estimate of drug-likeness (QED) is 0.926. The Morgan fingerprint density at radius 2 is 2.13 bits per heavy atom. The standard InChI is InChI=1S/C11H11Br2NO/c1-14-3-2-7-6-15-11-9(7)4-8(12)5-10(11)13/h4-6,14H,2-3H2,1H3. The van der Waals surface area contributed by atoms with Crippen molar-refractivity contribution in [3.05, 3.63) is 32.9 Å². The summed E-state index contributed by atoms with van der Waals surface area (Å²) in [5, 5.41) is 4.31. The van der Waals surface area contributed by atoms with Crippen molar-refractivity contribution in [3.63, 3.8) is 0 Å². The molecule has 1 heterocycles. The maximum atomic E-state index is 5.54. The van der Waals surface area contributed by atoms with Gasteiger partial charge in [-0.05, 0) is 53.6 Å². The zero-order valence-corrected chi connectivity index (χ0v) is 11.5. The Morgan fingerprint density at radius 1 is 1.33 bits per heavy atom. The number of halogens is 2. The molecule has 0 fully saturated rings. The van der Waals surface area contributed by atoms with Crippen molar-refractivity contribution in [2.75, 3.05) is 13.6 Å². The minimum Gasteiger partial charge on any atom is -0.463 e. The molecule has 1 aromatic heterocycles. The second kappa shape index (κ2) is 4.68. The normalized spacial score (nSPS) is 11.1. The van der Waals surface area contributed by atoms with Crippen LogP contribution in [0.4, 0.5) is 0 Å². The van der Waals surface area contributed by atoms with Crippen LogP contribution in [0.15, 0.2) is 31.8 Å². The van der Waals surface area contributed by atoms with E-state index in [9.17, 15) is 0 Å². The molecule has 0 spiro atoms. The van der Waals surface area contributed by atoms with Crippen LogP contribution in [0, 0.1) is 0 Å². The van der Waals surface area contributed by atoms with Crippen LogP contribution in [0.1, 0.15) is 5.56 Å². The van der Waals surface area contributed by atoms with Gasteiger partial charge in [0.25, 0.3) is 0 Å². The summed E-state index contributed by atoms with van der Waals surface area (Å²) in [5.74, 6) is 0. The number of benzene rings is 1. The Hall–Kier alpha value is -0.320. The van der Waals surface area contributed by atoms with Crippen molar-refractivity contribution in [2.45, 2.75) is 6.42 Å². The third-order valence-electron chi connectivity index (χ3n) is 2.32. The van der Waals surface area contributed by atoms with Gasteiger partial charge in [0.1, 0.15) is 5.58 Å². The Labute approximate surface area is 105 Å². The van der Waals surface area contributed by atoms with Crippen molar-refractivity contribution >= 4 is 42.8 Å². The number of nitrogens with one attached hydrogen (secondary N) is 1. The van der Waals surface area contributed by atoms with Gasteiger partial charge in [0.05, 0.1) is 10.7 Å². The molecular formula is C11H11Br2NO. The number of furan rings is 1.